The van der Waals surface area contributed by atoms with Crippen molar-refractivity contribution in [2.45, 2.75) is 32.6 Å². The Labute approximate surface area is 148 Å². The lowest BCUT2D eigenvalue weighted by Gasteiger charge is -2.26. The van der Waals surface area contributed by atoms with E-state index in [-0.39, 0.29) is 17.2 Å². The van der Waals surface area contributed by atoms with E-state index in [9.17, 15) is 9.59 Å². The van der Waals surface area contributed by atoms with E-state index in [0.29, 0.717) is 5.92 Å². The fourth-order valence-corrected chi connectivity index (χ4v) is 3.97. The number of hydrogen-bond acceptors (Lipinski definition) is 2. The van der Waals surface area contributed by atoms with Gasteiger partial charge in [-0.25, -0.2) is 0 Å². The zero-order valence-electron chi connectivity index (χ0n) is 14.4. The number of benzene rings is 1. The van der Waals surface area contributed by atoms with Crippen molar-refractivity contribution < 1.29 is 9.59 Å². The highest BCUT2D eigenvalue weighted by Crippen LogP contribution is 2.50. The monoisotopic (exact) mass is 348 g/mol. The summed E-state index contributed by atoms with van der Waals surface area (Å²) in [6, 6.07) is 7.79. The van der Waals surface area contributed by atoms with E-state index in [4.69, 9.17) is 11.6 Å². The average Bonchev–Trinajstić information content (AvgIpc) is 3.18. The zero-order chi connectivity index (χ0) is 17.3. The number of amides is 2. The molecule has 1 atom stereocenters. The van der Waals surface area contributed by atoms with Gasteiger partial charge in [-0.3, -0.25) is 9.59 Å². The van der Waals surface area contributed by atoms with Gasteiger partial charge in [-0.2, -0.15) is 0 Å². The molecular formula is C19H25ClN2O2. The van der Waals surface area contributed by atoms with Crippen LogP contribution in [0.15, 0.2) is 24.3 Å². The third kappa shape index (κ3) is 3.59. The zero-order valence-corrected chi connectivity index (χ0v) is 15.2. The molecule has 1 aliphatic carbocycles. The van der Waals surface area contributed by atoms with Crippen molar-refractivity contribution in [2.24, 2.45) is 11.3 Å². The molecule has 0 bridgehead atoms. The first-order chi connectivity index (χ1) is 11.4. The highest BCUT2D eigenvalue weighted by molar-refractivity contribution is 6.31. The Morgan fingerprint density at radius 2 is 2.04 bits per heavy atom. The topological polar surface area (TPSA) is 40.6 Å². The Morgan fingerprint density at radius 1 is 1.33 bits per heavy atom. The summed E-state index contributed by atoms with van der Waals surface area (Å²) in [6.07, 6.45) is 3.58. The second-order valence-electron chi connectivity index (χ2n) is 7.35. The molecule has 0 aromatic heterocycles. The maximum atomic E-state index is 12.9. The van der Waals surface area contributed by atoms with Crippen LogP contribution in [0.1, 0.15) is 31.7 Å². The number of likely N-dealkylation sites (tertiary alicyclic amines) is 1. The van der Waals surface area contributed by atoms with Crippen LogP contribution in [0.25, 0.3) is 0 Å². The number of carbonyl (C=O) groups excluding carboxylic acids is 2. The second-order valence-corrected chi connectivity index (χ2v) is 7.76. The lowest BCUT2D eigenvalue weighted by molar-refractivity contribution is -0.136. The van der Waals surface area contributed by atoms with Crippen molar-refractivity contribution in [1.82, 2.24) is 9.80 Å². The molecule has 2 amide bonds. The van der Waals surface area contributed by atoms with E-state index in [2.05, 4.69) is 0 Å². The van der Waals surface area contributed by atoms with Gasteiger partial charge in [0.25, 0.3) is 0 Å². The fraction of sp³-hybridized carbons (Fsp3) is 0.579. The van der Waals surface area contributed by atoms with Crippen LogP contribution in [-0.2, 0) is 16.0 Å². The van der Waals surface area contributed by atoms with E-state index in [1.54, 1.807) is 6.92 Å². The van der Waals surface area contributed by atoms with Gasteiger partial charge in [0.15, 0.2) is 0 Å². The first-order valence-electron chi connectivity index (χ1n) is 8.66. The summed E-state index contributed by atoms with van der Waals surface area (Å²) >= 11 is 6.26. The third-order valence-electron chi connectivity index (χ3n) is 5.40. The van der Waals surface area contributed by atoms with E-state index in [0.717, 1.165) is 55.9 Å². The molecule has 1 aliphatic heterocycles. The summed E-state index contributed by atoms with van der Waals surface area (Å²) in [7, 11) is 1.89. The van der Waals surface area contributed by atoms with Crippen LogP contribution in [0.5, 0.6) is 0 Å². The standard InChI is InChI=1S/C19H25ClN2O2/c1-14(23)22-10-7-15(13-22)12-21(2)18(24)19(8-9-19)11-16-5-3-4-6-17(16)20/h3-6,15H,7-13H2,1-2H3/t15-/m0/s1. The van der Waals surface area contributed by atoms with Crippen LogP contribution in [0, 0.1) is 11.3 Å². The largest absolute Gasteiger partial charge is 0.345 e. The highest BCUT2D eigenvalue weighted by atomic mass is 35.5. The maximum Gasteiger partial charge on any atom is 0.228 e. The Hall–Kier alpha value is -1.55. The molecule has 1 aromatic carbocycles. The van der Waals surface area contributed by atoms with Crippen molar-refractivity contribution in [3.63, 3.8) is 0 Å². The predicted molar refractivity (Wildman–Crippen MR) is 94.8 cm³/mol. The molecule has 0 unspecified atom stereocenters. The average molecular weight is 349 g/mol. The van der Waals surface area contributed by atoms with E-state index in [1.165, 1.54) is 0 Å². The molecule has 5 heteroatoms. The third-order valence-corrected chi connectivity index (χ3v) is 5.77. The van der Waals surface area contributed by atoms with Crippen LogP contribution in [0.2, 0.25) is 5.02 Å². The van der Waals surface area contributed by atoms with E-state index in [1.807, 2.05) is 41.1 Å². The summed E-state index contributed by atoms with van der Waals surface area (Å²) in [4.78, 5) is 28.1. The summed E-state index contributed by atoms with van der Waals surface area (Å²) in [5.74, 6) is 0.742. The van der Waals surface area contributed by atoms with Crippen LogP contribution >= 0.6 is 11.6 Å². The molecule has 1 aromatic rings. The maximum absolute atomic E-state index is 12.9. The fourth-order valence-electron chi connectivity index (χ4n) is 3.77. The van der Waals surface area contributed by atoms with Gasteiger partial charge in [-0.1, -0.05) is 29.8 Å². The lowest BCUT2D eigenvalue weighted by atomic mass is 9.94. The van der Waals surface area contributed by atoms with Crippen LogP contribution in [0.4, 0.5) is 0 Å². The van der Waals surface area contributed by atoms with Gasteiger partial charge < -0.3 is 9.80 Å². The van der Waals surface area contributed by atoms with Gasteiger partial charge in [0.05, 0.1) is 5.41 Å². The first-order valence-corrected chi connectivity index (χ1v) is 9.03. The Bertz CT molecular complexity index is 642. The summed E-state index contributed by atoms with van der Waals surface area (Å²) in [6.45, 7) is 3.92. The number of rotatable bonds is 5. The van der Waals surface area contributed by atoms with Crippen LogP contribution in [0.3, 0.4) is 0 Å². The molecule has 2 aliphatic rings. The Morgan fingerprint density at radius 3 is 2.62 bits per heavy atom. The van der Waals surface area contributed by atoms with Crippen molar-refractivity contribution >= 4 is 23.4 Å². The number of nitrogens with zero attached hydrogens (tertiary/aromatic N) is 2. The minimum Gasteiger partial charge on any atom is -0.345 e. The molecule has 0 radical (unpaired) electrons. The van der Waals surface area contributed by atoms with E-state index >= 15 is 0 Å². The lowest BCUT2D eigenvalue weighted by Crippen LogP contribution is -2.39. The Kier molecular flexibility index (Phi) is 4.86. The van der Waals surface area contributed by atoms with Crippen molar-refractivity contribution in [3.8, 4) is 0 Å². The molecule has 2 fully saturated rings. The Balaban J connectivity index is 1.59. The molecule has 24 heavy (non-hydrogen) atoms. The summed E-state index contributed by atoms with van der Waals surface area (Å²) < 4.78 is 0. The summed E-state index contributed by atoms with van der Waals surface area (Å²) in [5.41, 5.74) is 0.792. The van der Waals surface area contributed by atoms with E-state index < -0.39 is 0 Å². The molecule has 130 valence electrons. The van der Waals surface area contributed by atoms with Gasteiger partial charge in [-0.15, -0.1) is 0 Å². The molecule has 1 heterocycles. The van der Waals surface area contributed by atoms with Gasteiger partial charge in [0, 0.05) is 38.6 Å². The second kappa shape index (κ2) is 6.75. The SMILES string of the molecule is CC(=O)N1CC[C@@H](CN(C)C(=O)C2(Cc3ccccc3Cl)CC2)C1. The normalized spacial score (nSPS) is 21.6. The minimum absolute atomic E-state index is 0.129. The number of hydrogen-bond donors (Lipinski definition) is 0. The first kappa shape index (κ1) is 17.3. The molecule has 0 spiro atoms. The van der Waals surface area contributed by atoms with Crippen molar-refractivity contribution in [2.75, 3.05) is 26.7 Å². The molecule has 1 saturated heterocycles. The highest BCUT2D eigenvalue weighted by Gasteiger charge is 2.51. The predicted octanol–water partition coefficient (Wildman–Crippen LogP) is 2.99. The van der Waals surface area contributed by atoms with Crippen LogP contribution in [-0.4, -0.2) is 48.3 Å². The van der Waals surface area contributed by atoms with Gasteiger partial charge in [0.1, 0.15) is 0 Å². The number of halogens is 1. The quantitative estimate of drug-likeness (QED) is 0.820. The molecule has 0 N–H and O–H groups in total. The smallest absolute Gasteiger partial charge is 0.228 e. The van der Waals surface area contributed by atoms with Crippen LogP contribution < -0.4 is 0 Å². The number of carbonyl (C=O) groups is 2. The molecule has 3 rings (SSSR count). The molecule has 1 saturated carbocycles. The van der Waals surface area contributed by atoms with Crippen molar-refractivity contribution in [3.05, 3.63) is 34.9 Å². The van der Waals surface area contributed by atoms with Crippen molar-refractivity contribution in [1.29, 1.82) is 0 Å². The molecular weight excluding hydrogens is 324 g/mol. The van der Waals surface area contributed by atoms with Gasteiger partial charge in [0.2, 0.25) is 11.8 Å². The molecule has 4 nitrogen and oxygen atoms in total. The van der Waals surface area contributed by atoms with Gasteiger partial charge >= 0.3 is 0 Å². The minimum atomic E-state index is -0.265. The van der Waals surface area contributed by atoms with Gasteiger partial charge in [-0.05, 0) is 43.2 Å². The summed E-state index contributed by atoms with van der Waals surface area (Å²) in [5, 5.41) is 0.743.